The van der Waals surface area contributed by atoms with E-state index >= 15 is 0 Å². The van der Waals surface area contributed by atoms with Gasteiger partial charge in [-0.2, -0.15) is 0 Å². The van der Waals surface area contributed by atoms with Gasteiger partial charge < -0.3 is 9.84 Å². The van der Waals surface area contributed by atoms with Gasteiger partial charge in [0.25, 0.3) is 0 Å². The summed E-state index contributed by atoms with van der Waals surface area (Å²) >= 11 is 0. The maximum atomic E-state index is 9.89. The van der Waals surface area contributed by atoms with E-state index in [2.05, 4.69) is 13.8 Å². The maximum absolute atomic E-state index is 9.89. The number of benzene rings is 1. The van der Waals surface area contributed by atoms with Crippen LogP contribution in [0, 0.1) is 0 Å². The Kier molecular flexibility index (Phi) is 5.33. The minimum absolute atomic E-state index is 0.241. The molecular formula is C14H22O2. The summed E-state index contributed by atoms with van der Waals surface area (Å²) in [4.78, 5) is 0. The van der Waals surface area contributed by atoms with Gasteiger partial charge in [-0.3, -0.25) is 0 Å². The fourth-order valence-electron chi connectivity index (χ4n) is 1.72. The SMILES string of the molecule is CCC(CC)Oc1ccccc1[C@H](O)CC. The Morgan fingerprint density at radius 1 is 1.06 bits per heavy atom. The molecule has 1 aromatic carbocycles. The predicted molar refractivity (Wildman–Crippen MR) is 66.7 cm³/mol. The molecule has 16 heavy (non-hydrogen) atoms. The van der Waals surface area contributed by atoms with E-state index in [1.165, 1.54) is 0 Å². The van der Waals surface area contributed by atoms with Gasteiger partial charge in [0.1, 0.15) is 5.75 Å². The first-order valence-electron chi connectivity index (χ1n) is 6.16. The molecule has 0 radical (unpaired) electrons. The highest BCUT2D eigenvalue weighted by molar-refractivity contribution is 5.35. The van der Waals surface area contributed by atoms with E-state index in [0.717, 1.165) is 24.2 Å². The largest absolute Gasteiger partial charge is 0.490 e. The van der Waals surface area contributed by atoms with Crippen molar-refractivity contribution in [3.05, 3.63) is 29.8 Å². The molecule has 0 saturated carbocycles. The molecule has 1 rings (SSSR count). The van der Waals surface area contributed by atoms with Gasteiger partial charge in [0.2, 0.25) is 0 Å². The second-order valence-electron chi connectivity index (χ2n) is 4.02. The number of para-hydroxylation sites is 1. The zero-order valence-electron chi connectivity index (χ0n) is 10.4. The number of aliphatic hydroxyl groups is 1. The molecule has 0 amide bonds. The van der Waals surface area contributed by atoms with E-state index in [1.54, 1.807) is 0 Å². The third-order valence-corrected chi connectivity index (χ3v) is 2.87. The van der Waals surface area contributed by atoms with Gasteiger partial charge in [-0.25, -0.2) is 0 Å². The van der Waals surface area contributed by atoms with Gasteiger partial charge in [0.15, 0.2) is 0 Å². The lowest BCUT2D eigenvalue weighted by Crippen LogP contribution is -2.15. The van der Waals surface area contributed by atoms with Crippen LogP contribution in [0.25, 0.3) is 0 Å². The Morgan fingerprint density at radius 3 is 2.25 bits per heavy atom. The molecule has 0 aliphatic carbocycles. The molecule has 0 saturated heterocycles. The van der Waals surface area contributed by atoms with E-state index in [9.17, 15) is 5.11 Å². The van der Waals surface area contributed by atoms with Crippen LogP contribution < -0.4 is 4.74 Å². The van der Waals surface area contributed by atoms with Gasteiger partial charge in [-0.1, -0.05) is 39.0 Å². The van der Waals surface area contributed by atoms with E-state index in [1.807, 2.05) is 31.2 Å². The third kappa shape index (κ3) is 3.24. The minimum Gasteiger partial charge on any atom is -0.490 e. The summed E-state index contributed by atoms with van der Waals surface area (Å²) in [5.74, 6) is 0.825. The smallest absolute Gasteiger partial charge is 0.125 e. The average Bonchev–Trinajstić information content (AvgIpc) is 2.35. The lowest BCUT2D eigenvalue weighted by atomic mass is 10.1. The Hall–Kier alpha value is -1.02. The molecule has 0 aliphatic heterocycles. The van der Waals surface area contributed by atoms with Gasteiger partial charge in [-0.15, -0.1) is 0 Å². The summed E-state index contributed by atoms with van der Waals surface area (Å²) in [5, 5.41) is 9.89. The molecule has 90 valence electrons. The van der Waals surface area contributed by atoms with Crippen LogP contribution in [0.1, 0.15) is 51.7 Å². The fraction of sp³-hybridized carbons (Fsp3) is 0.571. The molecular weight excluding hydrogens is 200 g/mol. The normalized spacial score (nSPS) is 12.8. The molecule has 2 nitrogen and oxygen atoms in total. The second-order valence-corrected chi connectivity index (χ2v) is 4.02. The van der Waals surface area contributed by atoms with E-state index in [-0.39, 0.29) is 6.10 Å². The zero-order chi connectivity index (χ0) is 12.0. The highest BCUT2D eigenvalue weighted by atomic mass is 16.5. The Morgan fingerprint density at radius 2 is 1.69 bits per heavy atom. The average molecular weight is 222 g/mol. The van der Waals surface area contributed by atoms with Crippen LogP contribution >= 0.6 is 0 Å². The van der Waals surface area contributed by atoms with Gasteiger partial charge >= 0.3 is 0 Å². The lowest BCUT2D eigenvalue weighted by molar-refractivity contribution is 0.152. The summed E-state index contributed by atoms with van der Waals surface area (Å²) in [6.45, 7) is 6.21. The quantitative estimate of drug-likeness (QED) is 0.795. The first kappa shape index (κ1) is 13.0. The molecule has 0 fully saturated rings. The van der Waals surface area contributed by atoms with Crippen molar-refractivity contribution in [3.63, 3.8) is 0 Å². The molecule has 2 heteroatoms. The first-order valence-corrected chi connectivity index (χ1v) is 6.16. The Bertz CT molecular complexity index is 305. The van der Waals surface area contributed by atoms with Crippen LogP contribution in [0.4, 0.5) is 0 Å². The summed E-state index contributed by atoms with van der Waals surface area (Å²) in [6, 6.07) is 7.76. The molecule has 0 bridgehead atoms. The van der Waals surface area contributed by atoms with Crippen molar-refractivity contribution in [2.75, 3.05) is 0 Å². The highest BCUT2D eigenvalue weighted by Crippen LogP contribution is 2.28. The molecule has 0 spiro atoms. The summed E-state index contributed by atoms with van der Waals surface area (Å²) in [7, 11) is 0. The van der Waals surface area contributed by atoms with Crippen molar-refractivity contribution >= 4 is 0 Å². The van der Waals surface area contributed by atoms with Crippen LogP contribution in [0.3, 0.4) is 0 Å². The van der Waals surface area contributed by atoms with Gasteiger partial charge in [-0.05, 0) is 25.3 Å². The van der Waals surface area contributed by atoms with Crippen LogP contribution in [0.2, 0.25) is 0 Å². The van der Waals surface area contributed by atoms with E-state index < -0.39 is 6.10 Å². The highest BCUT2D eigenvalue weighted by Gasteiger charge is 2.13. The third-order valence-electron chi connectivity index (χ3n) is 2.87. The minimum atomic E-state index is -0.425. The van der Waals surface area contributed by atoms with Crippen molar-refractivity contribution in [3.8, 4) is 5.75 Å². The monoisotopic (exact) mass is 222 g/mol. The van der Waals surface area contributed by atoms with Crippen LogP contribution in [-0.2, 0) is 0 Å². The predicted octanol–water partition coefficient (Wildman–Crippen LogP) is 3.70. The molecule has 0 unspecified atom stereocenters. The second kappa shape index (κ2) is 6.54. The van der Waals surface area contributed by atoms with Crippen molar-refractivity contribution in [1.82, 2.24) is 0 Å². The van der Waals surface area contributed by atoms with E-state index in [0.29, 0.717) is 6.42 Å². The molecule has 1 aromatic rings. The lowest BCUT2D eigenvalue weighted by Gasteiger charge is -2.20. The molecule has 0 heterocycles. The van der Waals surface area contributed by atoms with Crippen LogP contribution in [-0.4, -0.2) is 11.2 Å². The number of rotatable bonds is 6. The Balaban J connectivity index is 2.86. The van der Waals surface area contributed by atoms with Crippen molar-refractivity contribution < 1.29 is 9.84 Å². The van der Waals surface area contributed by atoms with Gasteiger partial charge in [0, 0.05) is 5.56 Å². The first-order chi connectivity index (χ1) is 7.72. The summed E-state index contributed by atoms with van der Waals surface area (Å²) in [6.07, 6.45) is 2.51. The number of hydrogen-bond acceptors (Lipinski definition) is 2. The van der Waals surface area contributed by atoms with E-state index in [4.69, 9.17) is 4.74 Å². The van der Waals surface area contributed by atoms with Crippen LogP contribution in [0.15, 0.2) is 24.3 Å². The molecule has 1 N–H and O–H groups in total. The zero-order valence-corrected chi connectivity index (χ0v) is 10.4. The molecule has 0 aliphatic rings. The fourth-order valence-corrected chi connectivity index (χ4v) is 1.72. The van der Waals surface area contributed by atoms with Crippen LogP contribution in [0.5, 0.6) is 5.75 Å². The number of aliphatic hydroxyl groups excluding tert-OH is 1. The maximum Gasteiger partial charge on any atom is 0.125 e. The summed E-state index contributed by atoms with van der Waals surface area (Å²) < 4.78 is 5.91. The standard InChI is InChI=1S/C14H22O2/c1-4-11(5-2)16-14-10-8-7-9-12(14)13(15)6-3/h7-11,13,15H,4-6H2,1-3H3/t13-/m1/s1. The Labute approximate surface area is 98.3 Å². The molecule has 0 aromatic heterocycles. The topological polar surface area (TPSA) is 29.5 Å². The van der Waals surface area contributed by atoms with Gasteiger partial charge in [0.05, 0.1) is 12.2 Å². The molecule has 1 atom stereocenters. The van der Waals surface area contributed by atoms with Crippen molar-refractivity contribution in [2.45, 2.75) is 52.2 Å². The number of ether oxygens (including phenoxy) is 1. The number of hydrogen-bond donors (Lipinski definition) is 1. The van der Waals surface area contributed by atoms with Crippen molar-refractivity contribution in [2.24, 2.45) is 0 Å². The summed E-state index contributed by atoms with van der Waals surface area (Å²) in [5.41, 5.74) is 0.900. The van der Waals surface area contributed by atoms with Crippen molar-refractivity contribution in [1.29, 1.82) is 0 Å².